The molecule has 2 saturated heterocycles. The van der Waals surface area contributed by atoms with E-state index >= 15 is 0 Å². The van der Waals surface area contributed by atoms with E-state index in [2.05, 4.69) is 18.7 Å². The Balaban J connectivity index is 1.68. The van der Waals surface area contributed by atoms with Crippen LogP contribution in [0.2, 0.25) is 0 Å². The van der Waals surface area contributed by atoms with Gasteiger partial charge in [0.05, 0.1) is 18.2 Å². The molecular weight excluding hydrogens is 266 g/mol. The van der Waals surface area contributed by atoms with Gasteiger partial charge in [0.2, 0.25) is 5.91 Å². The second-order valence-electron chi connectivity index (χ2n) is 6.86. The third-order valence-corrected chi connectivity index (χ3v) is 4.66. The van der Waals surface area contributed by atoms with Gasteiger partial charge >= 0.3 is 0 Å². The van der Waals surface area contributed by atoms with Gasteiger partial charge in [-0.25, -0.2) is 0 Å². The van der Waals surface area contributed by atoms with Crippen LogP contribution in [0.3, 0.4) is 0 Å². The maximum Gasteiger partial charge on any atom is 0.239 e. The molecule has 0 aromatic rings. The number of likely N-dealkylation sites (tertiary alicyclic amines) is 1. The summed E-state index contributed by atoms with van der Waals surface area (Å²) in [5.41, 5.74) is 5.67. The van der Waals surface area contributed by atoms with E-state index in [1.54, 1.807) is 6.92 Å². The van der Waals surface area contributed by atoms with Gasteiger partial charge in [0.1, 0.15) is 0 Å². The van der Waals surface area contributed by atoms with Gasteiger partial charge in [-0.2, -0.15) is 0 Å². The van der Waals surface area contributed by atoms with Crippen molar-refractivity contribution in [3.05, 3.63) is 0 Å². The number of hydrogen-bond acceptors (Lipinski definition) is 4. The number of nitrogens with two attached hydrogens (primary N) is 1. The zero-order chi connectivity index (χ0) is 15.4. The molecule has 2 rings (SSSR count). The highest BCUT2D eigenvalue weighted by Crippen LogP contribution is 2.22. The summed E-state index contributed by atoms with van der Waals surface area (Å²) >= 11 is 0. The van der Waals surface area contributed by atoms with Crippen molar-refractivity contribution >= 4 is 5.91 Å². The topological polar surface area (TPSA) is 58.8 Å². The first-order chi connectivity index (χ1) is 9.95. The number of carbonyl (C=O) groups is 1. The Morgan fingerprint density at radius 1 is 1.24 bits per heavy atom. The van der Waals surface area contributed by atoms with Gasteiger partial charge in [-0.1, -0.05) is 0 Å². The van der Waals surface area contributed by atoms with E-state index < -0.39 is 0 Å². The molecule has 0 bridgehead atoms. The van der Waals surface area contributed by atoms with E-state index in [-0.39, 0.29) is 11.9 Å². The second-order valence-corrected chi connectivity index (χ2v) is 6.86. The quantitative estimate of drug-likeness (QED) is 0.843. The fourth-order valence-corrected chi connectivity index (χ4v) is 3.56. The van der Waals surface area contributed by atoms with E-state index in [0.717, 1.165) is 51.5 Å². The Morgan fingerprint density at radius 2 is 1.81 bits per heavy atom. The third kappa shape index (κ3) is 4.94. The highest BCUT2D eigenvalue weighted by Gasteiger charge is 2.26. The smallest absolute Gasteiger partial charge is 0.239 e. The summed E-state index contributed by atoms with van der Waals surface area (Å²) in [6.45, 7) is 11.1. The summed E-state index contributed by atoms with van der Waals surface area (Å²) in [5.74, 6) is 0.847. The largest absolute Gasteiger partial charge is 0.373 e. The van der Waals surface area contributed by atoms with Crippen molar-refractivity contribution in [2.45, 2.75) is 58.3 Å². The third-order valence-electron chi connectivity index (χ3n) is 4.66. The lowest BCUT2D eigenvalue weighted by Gasteiger charge is -2.37. The van der Waals surface area contributed by atoms with E-state index in [0.29, 0.717) is 12.2 Å². The molecule has 0 saturated carbocycles. The first kappa shape index (κ1) is 16.7. The molecule has 5 heteroatoms. The fourth-order valence-electron chi connectivity index (χ4n) is 3.56. The summed E-state index contributed by atoms with van der Waals surface area (Å²) in [4.78, 5) is 16.3. The van der Waals surface area contributed by atoms with Crippen LogP contribution in [0.15, 0.2) is 0 Å². The molecule has 0 aliphatic carbocycles. The zero-order valence-corrected chi connectivity index (χ0v) is 13.8. The predicted molar refractivity (Wildman–Crippen MR) is 84.0 cm³/mol. The molecule has 2 aliphatic heterocycles. The summed E-state index contributed by atoms with van der Waals surface area (Å²) < 4.78 is 5.77. The molecule has 0 aromatic carbocycles. The minimum Gasteiger partial charge on any atom is -0.373 e. The van der Waals surface area contributed by atoms with E-state index in [9.17, 15) is 4.79 Å². The number of nitrogens with zero attached hydrogens (tertiary/aromatic N) is 2. The van der Waals surface area contributed by atoms with Crippen molar-refractivity contribution in [3.8, 4) is 0 Å². The van der Waals surface area contributed by atoms with Crippen molar-refractivity contribution in [1.29, 1.82) is 0 Å². The van der Waals surface area contributed by atoms with Crippen LogP contribution in [0.1, 0.15) is 40.0 Å². The predicted octanol–water partition coefficient (Wildman–Crippen LogP) is 1.07. The summed E-state index contributed by atoms with van der Waals surface area (Å²) in [6, 6.07) is -0.363. The molecule has 3 unspecified atom stereocenters. The number of rotatable bonds is 4. The molecule has 2 heterocycles. The van der Waals surface area contributed by atoms with Gasteiger partial charge in [0.25, 0.3) is 0 Å². The molecule has 0 spiro atoms. The van der Waals surface area contributed by atoms with Gasteiger partial charge in [0.15, 0.2) is 0 Å². The van der Waals surface area contributed by atoms with Crippen molar-refractivity contribution in [2.24, 2.45) is 11.7 Å². The molecule has 0 radical (unpaired) electrons. The normalized spacial score (nSPS) is 30.4. The lowest BCUT2D eigenvalue weighted by molar-refractivity contribution is -0.133. The first-order valence-corrected chi connectivity index (χ1v) is 8.38. The first-order valence-electron chi connectivity index (χ1n) is 8.38. The Labute approximate surface area is 128 Å². The van der Waals surface area contributed by atoms with Gasteiger partial charge < -0.3 is 15.4 Å². The zero-order valence-electron chi connectivity index (χ0n) is 13.8. The maximum atomic E-state index is 11.9. The van der Waals surface area contributed by atoms with Crippen LogP contribution in [-0.2, 0) is 9.53 Å². The lowest BCUT2D eigenvalue weighted by Crippen LogP contribution is -2.47. The summed E-state index contributed by atoms with van der Waals surface area (Å²) in [6.07, 6.45) is 4.17. The average Bonchev–Trinajstić information content (AvgIpc) is 2.44. The van der Waals surface area contributed by atoms with Crippen molar-refractivity contribution < 1.29 is 9.53 Å². The number of piperidine rings is 1. The lowest BCUT2D eigenvalue weighted by atomic mass is 9.93. The summed E-state index contributed by atoms with van der Waals surface area (Å²) in [7, 11) is 0. The molecule has 21 heavy (non-hydrogen) atoms. The van der Waals surface area contributed by atoms with Crippen LogP contribution in [0.25, 0.3) is 0 Å². The van der Waals surface area contributed by atoms with E-state index in [1.807, 2.05) is 4.90 Å². The number of carbonyl (C=O) groups excluding carboxylic acids is 1. The monoisotopic (exact) mass is 297 g/mol. The van der Waals surface area contributed by atoms with Crippen molar-refractivity contribution in [1.82, 2.24) is 9.80 Å². The Bertz CT molecular complexity index is 330. The molecule has 2 aliphatic rings. The molecule has 2 N–H and O–H groups in total. The molecule has 122 valence electrons. The SMILES string of the molecule is CC1CN(CCC2CCN(C(=O)C(C)N)CC2)CC(C)O1. The molecule has 0 aromatic heterocycles. The van der Waals surface area contributed by atoms with Crippen LogP contribution >= 0.6 is 0 Å². The standard InChI is InChI=1S/C16H31N3O2/c1-12-10-18(11-13(2)21-12)7-4-15-5-8-19(9-6-15)16(20)14(3)17/h12-15H,4-11,17H2,1-3H3. The van der Waals surface area contributed by atoms with Crippen molar-refractivity contribution in [3.63, 3.8) is 0 Å². The fraction of sp³-hybridized carbons (Fsp3) is 0.938. The number of amides is 1. The maximum absolute atomic E-state index is 11.9. The Hall–Kier alpha value is -0.650. The summed E-state index contributed by atoms with van der Waals surface area (Å²) in [5, 5.41) is 0. The van der Waals surface area contributed by atoms with E-state index in [4.69, 9.17) is 10.5 Å². The number of hydrogen-bond donors (Lipinski definition) is 1. The molecule has 5 nitrogen and oxygen atoms in total. The van der Waals surface area contributed by atoms with Gasteiger partial charge in [-0.3, -0.25) is 9.69 Å². The molecule has 3 atom stereocenters. The van der Waals surface area contributed by atoms with Gasteiger partial charge in [-0.15, -0.1) is 0 Å². The molecular formula is C16H31N3O2. The van der Waals surface area contributed by atoms with Crippen molar-refractivity contribution in [2.75, 3.05) is 32.7 Å². The van der Waals surface area contributed by atoms with Crippen LogP contribution < -0.4 is 5.73 Å². The Morgan fingerprint density at radius 3 is 2.33 bits per heavy atom. The molecule has 2 fully saturated rings. The average molecular weight is 297 g/mol. The number of morpholine rings is 1. The highest BCUT2D eigenvalue weighted by atomic mass is 16.5. The van der Waals surface area contributed by atoms with Crippen LogP contribution in [0, 0.1) is 5.92 Å². The second kappa shape index (κ2) is 7.56. The Kier molecular flexibility index (Phi) is 6.02. The minimum absolute atomic E-state index is 0.101. The highest BCUT2D eigenvalue weighted by molar-refractivity contribution is 5.81. The molecule has 1 amide bonds. The van der Waals surface area contributed by atoms with Crippen LogP contribution in [0.4, 0.5) is 0 Å². The van der Waals surface area contributed by atoms with Crippen LogP contribution in [-0.4, -0.2) is 66.7 Å². The van der Waals surface area contributed by atoms with Crippen LogP contribution in [0.5, 0.6) is 0 Å². The van der Waals surface area contributed by atoms with E-state index in [1.165, 1.54) is 6.42 Å². The minimum atomic E-state index is -0.363. The van der Waals surface area contributed by atoms with Gasteiger partial charge in [0, 0.05) is 26.2 Å². The number of ether oxygens (including phenoxy) is 1. The van der Waals surface area contributed by atoms with Gasteiger partial charge in [-0.05, 0) is 52.5 Å².